The molecule has 0 N–H and O–H groups in total. The maximum atomic E-state index is 4.46. The van der Waals surface area contributed by atoms with Crippen molar-refractivity contribution in [3.05, 3.63) is 61.1 Å². The van der Waals surface area contributed by atoms with Crippen molar-refractivity contribution in [2.45, 2.75) is 0 Å². The summed E-state index contributed by atoms with van der Waals surface area (Å²) in [5.41, 5.74) is 0.978. The van der Waals surface area contributed by atoms with Gasteiger partial charge in [0.25, 0.3) is 0 Å². The van der Waals surface area contributed by atoms with Crippen molar-refractivity contribution < 1.29 is 20.1 Å². The smallest absolute Gasteiger partial charge is 0.0604 e. The molecule has 0 saturated carbocycles. The van der Waals surface area contributed by atoms with Crippen molar-refractivity contribution in [2.75, 3.05) is 0 Å². The molecular weight excluding hydrogens is 424 g/mol. The minimum absolute atomic E-state index is 0. The molecule has 97 valence electrons. The van der Waals surface area contributed by atoms with E-state index in [-0.39, 0.29) is 20.1 Å². The molecule has 0 spiro atoms. The van der Waals surface area contributed by atoms with Crippen LogP contribution < -0.4 is 0 Å². The molecular formula is C17H9IrN2-. The molecule has 0 unspecified atom stereocenters. The SMILES string of the molecule is [Ir].[c-]1cc2cccc3ccc4cn5ccnc5c1c4c23. The van der Waals surface area contributed by atoms with Gasteiger partial charge in [0.2, 0.25) is 0 Å². The number of hydrogen-bond acceptors (Lipinski definition) is 1. The predicted molar refractivity (Wildman–Crippen MR) is 77.7 cm³/mol. The van der Waals surface area contributed by atoms with Crippen LogP contribution in [0.5, 0.6) is 0 Å². The second-order valence-corrected chi connectivity index (χ2v) is 4.93. The molecule has 0 aliphatic carbocycles. The number of aromatic nitrogens is 2. The molecule has 3 aromatic carbocycles. The zero-order chi connectivity index (χ0) is 12.4. The Balaban J connectivity index is 0.00000106. The summed E-state index contributed by atoms with van der Waals surface area (Å²) >= 11 is 0. The van der Waals surface area contributed by atoms with E-state index < -0.39 is 0 Å². The molecule has 0 bridgehead atoms. The molecule has 2 heterocycles. The fraction of sp³-hybridized carbons (Fsp3) is 0. The molecule has 0 aliphatic rings. The maximum absolute atomic E-state index is 4.46. The number of hydrogen-bond donors (Lipinski definition) is 0. The van der Waals surface area contributed by atoms with Gasteiger partial charge >= 0.3 is 0 Å². The van der Waals surface area contributed by atoms with E-state index in [1.165, 1.54) is 26.9 Å². The first-order chi connectivity index (χ1) is 9.42. The van der Waals surface area contributed by atoms with Gasteiger partial charge in [-0.25, -0.2) is 0 Å². The van der Waals surface area contributed by atoms with Gasteiger partial charge in [-0.05, 0) is 17.0 Å². The average Bonchev–Trinajstić information content (AvgIpc) is 2.92. The zero-order valence-corrected chi connectivity index (χ0v) is 12.8. The maximum Gasteiger partial charge on any atom is 0.0604 e. The minimum Gasteiger partial charge on any atom is -0.347 e. The van der Waals surface area contributed by atoms with Crippen molar-refractivity contribution in [3.8, 4) is 0 Å². The summed E-state index contributed by atoms with van der Waals surface area (Å²) in [5, 5.41) is 7.45. The van der Waals surface area contributed by atoms with E-state index in [1.807, 2.05) is 12.4 Å². The standard InChI is InChI=1S/C17H9N2.Ir/c1-2-11-4-5-13-10-19-9-8-18-17(19)14-7-6-12(3-1)15(11)16(13)14;/h1-6,8-10H;/q-1;. The van der Waals surface area contributed by atoms with Crippen LogP contribution >= 0.6 is 0 Å². The van der Waals surface area contributed by atoms with Gasteiger partial charge in [-0.2, -0.15) is 0 Å². The summed E-state index contributed by atoms with van der Waals surface area (Å²) < 4.78 is 2.07. The van der Waals surface area contributed by atoms with Gasteiger partial charge in [-0.15, -0.1) is 12.1 Å². The average molecular weight is 433 g/mol. The molecule has 20 heavy (non-hydrogen) atoms. The molecule has 0 amide bonds. The van der Waals surface area contributed by atoms with E-state index >= 15 is 0 Å². The fourth-order valence-electron chi connectivity index (χ4n) is 3.08. The van der Waals surface area contributed by atoms with Crippen molar-refractivity contribution in [1.29, 1.82) is 0 Å². The Hall–Kier alpha value is -1.96. The third-order valence-electron chi connectivity index (χ3n) is 3.90. The summed E-state index contributed by atoms with van der Waals surface area (Å²) in [4.78, 5) is 4.46. The van der Waals surface area contributed by atoms with Crippen LogP contribution in [0.1, 0.15) is 0 Å². The van der Waals surface area contributed by atoms with Gasteiger partial charge < -0.3 is 4.40 Å². The van der Waals surface area contributed by atoms with Crippen LogP contribution in [-0.2, 0) is 20.1 Å². The minimum atomic E-state index is 0. The van der Waals surface area contributed by atoms with Crippen LogP contribution in [0.2, 0.25) is 0 Å². The number of fused-ring (bicyclic) bond motifs is 2. The zero-order valence-electron chi connectivity index (χ0n) is 10.4. The first kappa shape index (κ1) is 11.8. The summed E-state index contributed by atoms with van der Waals surface area (Å²) in [5.74, 6) is 0. The molecule has 5 rings (SSSR count). The number of rotatable bonds is 0. The number of benzene rings is 3. The summed E-state index contributed by atoms with van der Waals surface area (Å²) in [6.07, 6.45) is 5.96. The third kappa shape index (κ3) is 1.34. The first-order valence-corrected chi connectivity index (χ1v) is 6.33. The van der Waals surface area contributed by atoms with Crippen molar-refractivity contribution in [3.63, 3.8) is 0 Å². The van der Waals surface area contributed by atoms with Gasteiger partial charge in [0, 0.05) is 32.5 Å². The second kappa shape index (κ2) is 4.02. The summed E-state index contributed by atoms with van der Waals surface area (Å²) in [7, 11) is 0. The van der Waals surface area contributed by atoms with Gasteiger partial charge in [0.1, 0.15) is 0 Å². The molecule has 2 aromatic heterocycles. The van der Waals surface area contributed by atoms with E-state index in [4.69, 9.17) is 0 Å². The Bertz CT molecular complexity index is 1050. The fourth-order valence-corrected chi connectivity index (χ4v) is 3.08. The third-order valence-corrected chi connectivity index (χ3v) is 3.90. The second-order valence-electron chi connectivity index (χ2n) is 4.93. The van der Waals surface area contributed by atoms with Gasteiger partial charge in [-0.3, -0.25) is 4.98 Å². The molecule has 0 saturated heterocycles. The monoisotopic (exact) mass is 434 g/mol. The molecule has 0 aliphatic heterocycles. The normalized spacial score (nSPS) is 11.6. The summed E-state index contributed by atoms with van der Waals surface area (Å²) in [6.45, 7) is 0. The van der Waals surface area contributed by atoms with E-state index in [2.05, 4.69) is 58.0 Å². The first-order valence-electron chi connectivity index (χ1n) is 6.33. The predicted octanol–water partition coefficient (Wildman–Crippen LogP) is 4.03. The Morgan fingerprint density at radius 2 is 1.80 bits per heavy atom. The van der Waals surface area contributed by atoms with Gasteiger partial charge in [0.15, 0.2) is 0 Å². The molecule has 0 fully saturated rings. The molecule has 2 nitrogen and oxygen atoms in total. The van der Waals surface area contributed by atoms with Crippen LogP contribution in [0.3, 0.4) is 0 Å². The van der Waals surface area contributed by atoms with Crippen LogP contribution in [0.15, 0.2) is 55.0 Å². The van der Waals surface area contributed by atoms with Crippen LogP contribution in [0.25, 0.3) is 38.0 Å². The topological polar surface area (TPSA) is 17.3 Å². The number of nitrogens with zero attached hydrogens (tertiary/aromatic N) is 2. The quantitative estimate of drug-likeness (QED) is 0.266. The molecule has 5 aromatic rings. The Labute approximate surface area is 128 Å². The Morgan fingerprint density at radius 3 is 2.75 bits per heavy atom. The number of imidazole rings is 1. The van der Waals surface area contributed by atoms with Crippen molar-refractivity contribution >= 4 is 38.0 Å². The molecule has 3 heteroatoms. The largest absolute Gasteiger partial charge is 0.347 e. The number of pyridine rings is 1. The van der Waals surface area contributed by atoms with Crippen molar-refractivity contribution in [1.82, 2.24) is 9.38 Å². The van der Waals surface area contributed by atoms with E-state index in [0.29, 0.717) is 0 Å². The molecule has 1 radical (unpaired) electrons. The van der Waals surface area contributed by atoms with Gasteiger partial charge in [0.05, 0.1) is 5.65 Å². The Kier molecular flexibility index (Phi) is 2.38. The summed E-state index contributed by atoms with van der Waals surface area (Å²) in [6, 6.07) is 16.2. The van der Waals surface area contributed by atoms with Crippen molar-refractivity contribution in [2.24, 2.45) is 0 Å². The van der Waals surface area contributed by atoms with Crippen LogP contribution in [0, 0.1) is 6.07 Å². The van der Waals surface area contributed by atoms with Crippen LogP contribution in [-0.4, -0.2) is 9.38 Å². The van der Waals surface area contributed by atoms with E-state index in [0.717, 1.165) is 11.0 Å². The molecule has 0 atom stereocenters. The van der Waals surface area contributed by atoms with Gasteiger partial charge in [-0.1, -0.05) is 51.9 Å². The Morgan fingerprint density at radius 1 is 0.950 bits per heavy atom. The van der Waals surface area contributed by atoms with Crippen LogP contribution in [0.4, 0.5) is 0 Å². The van der Waals surface area contributed by atoms with E-state index in [1.54, 1.807) is 0 Å². The van der Waals surface area contributed by atoms with E-state index in [9.17, 15) is 0 Å².